The van der Waals surface area contributed by atoms with Crippen molar-refractivity contribution < 1.29 is 18.9 Å². The van der Waals surface area contributed by atoms with Crippen molar-refractivity contribution in [3.8, 4) is 0 Å². The highest BCUT2D eigenvalue weighted by molar-refractivity contribution is 5.77. The lowest BCUT2D eigenvalue weighted by molar-refractivity contribution is -0.386. The highest BCUT2D eigenvalue weighted by atomic mass is 16.6. The number of esters is 1. The third-order valence-electron chi connectivity index (χ3n) is 3.66. The molecule has 124 valence electrons. The molecule has 0 atom stereocenters. The van der Waals surface area contributed by atoms with E-state index < -0.39 is 10.9 Å². The van der Waals surface area contributed by atoms with Gasteiger partial charge in [-0.2, -0.15) is 5.10 Å². The molecule has 0 unspecified atom stereocenters. The van der Waals surface area contributed by atoms with Gasteiger partial charge in [-0.25, -0.2) is 0 Å². The summed E-state index contributed by atoms with van der Waals surface area (Å²) in [5.41, 5.74) is 1.22. The fraction of sp³-hybridized carbons (Fsp3) is 0.250. The van der Waals surface area contributed by atoms with Gasteiger partial charge in [-0.1, -0.05) is 18.2 Å². The van der Waals surface area contributed by atoms with E-state index in [9.17, 15) is 14.9 Å². The lowest BCUT2D eigenvalue weighted by atomic mass is 10.2. The van der Waals surface area contributed by atoms with Gasteiger partial charge in [0.25, 0.3) is 0 Å². The summed E-state index contributed by atoms with van der Waals surface area (Å²) < 4.78 is 12.0. The number of aryl methyl sites for hydroxylation is 1. The topological polar surface area (TPSA) is 100 Å². The van der Waals surface area contributed by atoms with Crippen LogP contribution in [0.4, 0.5) is 5.69 Å². The van der Waals surface area contributed by atoms with Crippen molar-refractivity contribution in [2.75, 3.05) is 0 Å². The van der Waals surface area contributed by atoms with E-state index >= 15 is 0 Å². The fourth-order valence-corrected chi connectivity index (χ4v) is 2.53. The summed E-state index contributed by atoms with van der Waals surface area (Å²) in [6.45, 7) is 2.88. The van der Waals surface area contributed by atoms with E-state index in [1.165, 1.54) is 11.6 Å². The summed E-state index contributed by atoms with van der Waals surface area (Å²) in [5, 5.41) is 15.9. The number of furan rings is 1. The zero-order chi connectivity index (χ0) is 17.3. The Bertz CT molecular complexity index is 892. The van der Waals surface area contributed by atoms with Gasteiger partial charge in [0.1, 0.15) is 35.9 Å². The first-order valence-corrected chi connectivity index (χ1v) is 7.27. The second kappa shape index (κ2) is 6.15. The molecule has 0 N–H and O–H groups in total. The van der Waals surface area contributed by atoms with Crippen LogP contribution < -0.4 is 0 Å². The zero-order valence-electron chi connectivity index (χ0n) is 13.2. The van der Waals surface area contributed by atoms with Crippen LogP contribution in [0.2, 0.25) is 0 Å². The van der Waals surface area contributed by atoms with Crippen LogP contribution >= 0.6 is 0 Å². The first-order chi connectivity index (χ1) is 11.5. The van der Waals surface area contributed by atoms with E-state index in [4.69, 9.17) is 9.15 Å². The molecule has 8 nitrogen and oxygen atoms in total. The van der Waals surface area contributed by atoms with E-state index in [1.54, 1.807) is 13.0 Å². The minimum Gasteiger partial charge on any atom is -0.457 e. The minimum atomic E-state index is -0.545. The highest BCUT2D eigenvalue weighted by Crippen LogP contribution is 2.22. The number of carbonyl (C=O) groups is 1. The van der Waals surface area contributed by atoms with Crippen molar-refractivity contribution in [3.63, 3.8) is 0 Å². The number of hydrogen-bond acceptors (Lipinski definition) is 6. The Morgan fingerprint density at radius 1 is 1.38 bits per heavy atom. The maximum atomic E-state index is 11.9. The Labute approximate surface area is 136 Å². The third kappa shape index (κ3) is 2.98. The molecule has 0 spiro atoms. The lowest BCUT2D eigenvalue weighted by Gasteiger charge is -2.04. The van der Waals surface area contributed by atoms with E-state index in [0.717, 1.165) is 11.0 Å². The van der Waals surface area contributed by atoms with Gasteiger partial charge in [-0.3, -0.25) is 19.6 Å². The molecule has 0 amide bonds. The van der Waals surface area contributed by atoms with E-state index in [0.29, 0.717) is 11.5 Å². The molecule has 8 heteroatoms. The molecular formula is C16H15N3O5. The molecule has 0 aliphatic carbocycles. The number of fused-ring (bicyclic) bond motifs is 1. The lowest BCUT2D eigenvalue weighted by Crippen LogP contribution is -2.15. The van der Waals surface area contributed by atoms with Crippen LogP contribution in [-0.4, -0.2) is 20.7 Å². The van der Waals surface area contributed by atoms with Crippen molar-refractivity contribution in [1.82, 2.24) is 9.78 Å². The van der Waals surface area contributed by atoms with Crippen molar-refractivity contribution in [2.24, 2.45) is 0 Å². The number of hydrogen-bond donors (Lipinski definition) is 0. The second-order valence-corrected chi connectivity index (χ2v) is 5.35. The highest BCUT2D eigenvalue weighted by Gasteiger charge is 2.23. The summed E-state index contributed by atoms with van der Waals surface area (Å²) >= 11 is 0. The van der Waals surface area contributed by atoms with Gasteiger partial charge in [-0.15, -0.1) is 0 Å². The van der Waals surface area contributed by atoms with Crippen LogP contribution in [0.3, 0.4) is 0 Å². The molecule has 2 heterocycles. The molecule has 0 bridgehead atoms. The van der Waals surface area contributed by atoms with Gasteiger partial charge in [0.2, 0.25) is 0 Å². The molecule has 2 aromatic heterocycles. The summed E-state index contributed by atoms with van der Waals surface area (Å²) in [4.78, 5) is 22.4. The molecule has 0 aliphatic heterocycles. The van der Waals surface area contributed by atoms with Crippen LogP contribution in [0, 0.1) is 24.0 Å². The molecule has 1 aromatic carbocycles. The SMILES string of the molecule is Cc1nn(CC(=O)OCc2cc3ccccc3o2)c(C)c1[N+](=O)[O-]. The van der Waals surface area contributed by atoms with Crippen LogP contribution in [0.5, 0.6) is 0 Å². The molecule has 3 aromatic rings. The maximum Gasteiger partial charge on any atom is 0.328 e. The van der Waals surface area contributed by atoms with E-state index in [-0.39, 0.29) is 24.5 Å². The second-order valence-electron chi connectivity index (χ2n) is 5.35. The Hall–Kier alpha value is -3.16. The van der Waals surface area contributed by atoms with E-state index in [2.05, 4.69) is 5.10 Å². The summed E-state index contributed by atoms with van der Waals surface area (Å²) in [6, 6.07) is 9.28. The zero-order valence-corrected chi connectivity index (χ0v) is 13.2. The normalized spacial score (nSPS) is 10.9. The monoisotopic (exact) mass is 329 g/mol. The fourth-order valence-electron chi connectivity index (χ4n) is 2.53. The Morgan fingerprint density at radius 3 is 2.79 bits per heavy atom. The molecule has 0 saturated carbocycles. The first kappa shape index (κ1) is 15.7. The standard InChI is InChI=1S/C16H15N3O5/c1-10-16(19(21)22)11(2)18(17-10)8-15(20)23-9-13-7-12-5-3-4-6-14(12)24-13/h3-7H,8-9H2,1-2H3. The maximum absolute atomic E-state index is 11.9. The first-order valence-electron chi connectivity index (χ1n) is 7.27. The number of nitro groups is 1. The van der Waals surface area contributed by atoms with Crippen LogP contribution in [-0.2, 0) is 22.7 Å². The van der Waals surface area contributed by atoms with E-state index in [1.807, 2.05) is 24.3 Å². The number of aromatic nitrogens is 2. The molecular weight excluding hydrogens is 314 g/mol. The summed E-state index contributed by atoms with van der Waals surface area (Å²) in [6.07, 6.45) is 0. The molecule has 3 rings (SSSR count). The van der Waals surface area contributed by atoms with Crippen LogP contribution in [0.1, 0.15) is 17.1 Å². The van der Waals surface area contributed by atoms with Gasteiger partial charge in [0.05, 0.1) is 4.92 Å². The summed E-state index contributed by atoms with van der Waals surface area (Å²) in [7, 11) is 0. The van der Waals surface area contributed by atoms with Gasteiger partial charge >= 0.3 is 11.7 Å². The van der Waals surface area contributed by atoms with Gasteiger partial charge < -0.3 is 9.15 Å². The predicted octanol–water partition coefficient (Wildman–Crippen LogP) is 2.90. The van der Waals surface area contributed by atoms with Crippen molar-refractivity contribution in [3.05, 3.63) is 57.6 Å². The van der Waals surface area contributed by atoms with Crippen molar-refractivity contribution in [1.29, 1.82) is 0 Å². The van der Waals surface area contributed by atoms with Gasteiger partial charge in [0.15, 0.2) is 0 Å². The molecule has 0 aliphatic rings. The minimum absolute atomic E-state index is 0.00505. The largest absolute Gasteiger partial charge is 0.457 e. The van der Waals surface area contributed by atoms with Crippen LogP contribution in [0.25, 0.3) is 11.0 Å². The Morgan fingerprint density at radius 2 is 2.12 bits per heavy atom. The number of carbonyl (C=O) groups excluding carboxylic acids is 1. The summed E-state index contributed by atoms with van der Waals surface area (Å²) in [5.74, 6) is -0.0140. The molecule has 24 heavy (non-hydrogen) atoms. The number of rotatable bonds is 5. The smallest absolute Gasteiger partial charge is 0.328 e. The number of benzene rings is 1. The number of para-hydroxylation sites is 1. The van der Waals surface area contributed by atoms with Gasteiger partial charge in [-0.05, 0) is 26.0 Å². The number of ether oxygens (including phenoxy) is 1. The molecule has 0 radical (unpaired) electrons. The average Bonchev–Trinajstić information content (AvgIpc) is 3.06. The molecule has 0 fully saturated rings. The molecule has 0 saturated heterocycles. The van der Waals surface area contributed by atoms with Crippen LogP contribution in [0.15, 0.2) is 34.7 Å². The average molecular weight is 329 g/mol. The quantitative estimate of drug-likeness (QED) is 0.405. The predicted molar refractivity (Wildman–Crippen MR) is 84.4 cm³/mol. The van der Waals surface area contributed by atoms with Crippen molar-refractivity contribution in [2.45, 2.75) is 27.0 Å². The Balaban J connectivity index is 1.66. The Kier molecular flexibility index (Phi) is 4.03. The number of nitrogens with zero attached hydrogens (tertiary/aromatic N) is 3. The van der Waals surface area contributed by atoms with Gasteiger partial charge in [0, 0.05) is 5.39 Å². The van der Waals surface area contributed by atoms with Crippen molar-refractivity contribution >= 4 is 22.6 Å². The third-order valence-corrected chi connectivity index (χ3v) is 3.66.